The van der Waals surface area contributed by atoms with E-state index in [-0.39, 0.29) is 17.1 Å². The zero-order chi connectivity index (χ0) is 20.0. The number of hydrogen-bond donors (Lipinski definition) is 3. The molecule has 2 amide bonds. The number of aliphatic hydroxyl groups is 1. The van der Waals surface area contributed by atoms with Crippen LogP contribution in [0.5, 0.6) is 5.88 Å². The van der Waals surface area contributed by atoms with E-state index in [4.69, 9.17) is 0 Å². The second kappa shape index (κ2) is 8.62. The van der Waals surface area contributed by atoms with E-state index in [0.717, 1.165) is 24.4 Å². The fourth-order valence-electron chi connectivity index (χ4n) is 2.06. The van der Waals surface area contributed by atoms with Gasteiger partial charge in [0, 0.05) is 24.0 Å². The minimum absolute atomic E-state index is 0.161. The first-order chi connectivity index (χ1) is 12.7. The molecule has 1 unspecified atom stereocenters. The number of carbonyl (C=O) groups is 1. The SMILES string of the molecule is O=C(Nc1cc(F)cc(F)c1)NC(CO)c1ccnc(OCC(F)(F)F)c1. The molecule has 0 saturated carbocycles. The molecule has 0 saturated heterocycles. The lowest BCUT2D eigenvalue weighted by Crippen LogP contribution is -2.34. The number of amides is 2. The first-order valence-electron chi connectivity index (χ1n) is 7.46. The molecule has 0 radical (unpaired) electrons. The van der Waals surface area contributed by atoms with Gasteiger partial charge in [-0.05, 0) is 23.8 Å². The van der Waals surface area contributed by atoms with Crippen molar-refractivity contribution < 1.29 is 36.6 Å². The van der Waals surface area contributed by atoms with Crippen LogP contribution in [0.25, 0.3) is 0 Å². The number of pyridine rings is 1. The quantitative estimate of drug-likeness (QED) is 0.661. The van der Waals surface area contributed by atoms with Crippen molar-refractivity contribution in [1.29, 1.82) is 0 Å². The summed E-state index contributed by atoms with van der Waals surface area (Å²) in [6, 6.07) is 2.93. The van der Waals surface area contributed by atoms with Gasteiger partial charge in [-0.2, -0.15) is 13.2 Å². The van der Waals surface area contributed by atoms with Crippen molar-refractivity contribution in [2.45, 2.75) is 12.2 Å². The maximum Gasteiger partial charge on any atom is 0.422 e. The van der Waals surface area contributed by atoms with Gasteiger partial charge >= 0.3 is 12.2 Å². The number of aliphatic hydroxyl groups excluding tert-OH is 1. The highest BCUT2D eigenvalue weighted by molar-refractivity contribution is 5.89. The summed E-state index contributed by atoms with van der Waals surface area (Å²) in [7, 11) is 0. The zero-order valence-electron chi connectivity index (χ0n) is 13.6. The Morgan fingerprint density at radius 3 is 2.44 bits per heavy atom. The van der Waals surface area contributed by atoms with E-state index in [0.29, 0.717) is 6.07 Å². The highest BCUT2D eigenvalue weighted by Crippen LogP contribution is 2.20. The Kier molecular flexibility index (Phi) is 6.50. The van der Waals surface area contributed by atoms with Gasteiger partial charge in [0.05, 0.1) is 12.6 Å². The molecule has 27 heavy (non-hydrogen) atoms. The number of rotatable bonds is 6. The van der Waals surface area contributed by atoms with E-state index >= 15 is 0 Å². The third-order valence-electron chi connectivity index (χ3n) is 3.15. The fourth-order valence-corrected chi connectivity index (χ4v) is 2.06. The van der Waals surface area contributed by atoms with E-state index in [1.165, 1.54) is 6.07 Å². The van der Waals surface area contributed by atoms with Gasteiger partial charge in [0.15, 0.2) is 6.61 Å². The molecule has 1 aromatic carbocycles. The number of nitrogens with one attached hydrogen (secondary N) is 2. The van der Waals surface area contributed by atoms with Crippen molar-refractivity contribution in [3.63, 3.8) is 0 Å². The van der Waals surface area contributed by atoms with Crippen LogP contribution in [0.4, 0.5) is 32.4 Å². The van der Waals surface area contributed by atoms with E-state index < -0.39 is 43.1 Å². The Labute approximate surface area is 150 Å². The highest BCUT2D eigenvalue weighted by Gasteiger charge is 2.28. The van der Waals surface area contributed by atoms with Crippen LogP contribution in [0.2, 0.25) is 0 Å². The summed E-state index contributed by atoms with van der Waals surface area (Å²) in [5, 5.41) is 13.9. The molecular weight excluding hydrogens is 377 g/mol. The topological polar surface area (TPSA) is 83.5 Å². The number of anilines is 1. The van der Waals surface area contributed by atoms with Crippen LogP contribution in [0.15, 0.2) is 36.5 Å². The number of halogens is 5. The minimum Gasteiger partial charge on any atom is -0.468 e. The smallest absolute Gasteiger partial charge is 0.422 e. The highest BCUT2D eigenvalue weighted by atomic mass is 19.4. The number of aromatic nitrogens is 1. The van der Waals surface area contributed by atoms with Crippen molar-refractivity contribution in [3.05, 3.63) is 53.7 Å². The number of carbonyl (C=O) groups excluding carboxylic acids is 1. The number of alkyl halides is 3. The van der Waals surface area contributed by atoms with Crippen LogP contribution in [0.1, 0.15) is 11.6 Å². The first-order valence-corrected chi connectivity index (χ1v) is 7.46. The van der Waals surface area contributed by atoms with Crippen LogP contribution in [0.3, 0.4) is 0 Å². The van der Waals surface area contributed by atoms with Gasteiger partial charge in [0.2, 0.25) is 5.88 Å². The number of benzene rings is 1. The van der Waals surface area contributed by atoms with Crippen LogP contribution in [-0.4, -0.2) is 35.5 Å². The Hall–Kier alpha value is -2.95. The number of ether oxygens (including phenoxy) is 1. The molecule has 2 rings (SSSR count). The monoisotopic (exact) mass is 391 g/mol. The molecule has 6 nitrogen and oxygen atoms in total. The molecule has 1 aromatic heterocycles. The molecule has 11 heteroatoms. The summed E-state index contributed by atoms with van der Waals surface area (Å²) in [5.41, 5.74) is 0.0517. The predicted octanol–water partition coefficient (Wildman–Crippen LogP) is 3.16. The van der Waals surface area contributed by atoms with E-state index in [1.54, 1.807) is 0 Å². The lowest BCUT2D eigenvalue weighted by atomic mass is 10.1. The summed E-state index contributed by atoms with van der Waals surface area (Å²) >= 11 is 0. The van der Waals surface area contributed by atoms with Crippen molar-refractivity contribution in [2.24, 2.45) is 0 Å². The molecule has 0 bridgehead atoms. The van der Waals surface area contributed by atoms with E-state index in [1.807, 2.05) is 0 Å². The van der Waals surface area contributed by atoms with Crippen LogP contribution >= 0.6 is 0 Å². The van der Waals surface area contributed by atoms with Gasteiger partial charge in [-0.1, -0.05) is 0 Å². The number of hydrogen-bond acceptors (Lipinski definition) is 4. The normalized spacial score (nSPS) is 12.4. The van der Waals surface area contributed by atoms with Crippen molar-refractivity contribution in [2.75, 3.05) is 18.5 Å². The molecular formula is C16H14F5N3O3. The van der Waals surface area contributed by atoms with Gasteiger partial charge in [-0.3, -0.25) is 0 Å². The zero-order valence-corrected chi connectivity index (χ0v) is 13.6. The molecule has 146 valence electrons. The molecule has 0 spiro atoms. The average molecular weight is 391 g/mol. The molecule has 1 heterocycles. The maximum atomic E-state index is 13.1. The summed E-state index contributed by atoms with van der Waals surface area (Å²) in [4.78, 5) is 15.6. The Bertz CT molecular complexity index is 781. The van der Waals surface area contributed by atoms with E-state index in [9.17, 15) is 31.9 Å². The van der Waals surface area contributed by atoms with Crippen molar-refractivity contribution in [3.8, 4) is 5.88 Å². The average Bonchev–Trinajstić information content (AvgIpc) is 2.56. The molecule has 1 atom stereocenters. The second-order valence-corrected chi connectivity index (χ2v) is 5.32. The third kappa shape index (κ3) is 6.70. The lowest BCUT2D eigenvalue weighted by Gasteiger charge is -2.18. The standard InChI is InChI=1S/C16H14F5N3O3/c17-10-4-11(18)6-12(5-10)23-15(26)24-13(7-25)9-1-2-22-14(3-9)27-8-16(19,20)21/h1-6,13,25H,7-8H2,(H2,23,24,26). The third-order valence-corrected chi connectivity index (χ3v) is 3.15. The molecule has 0 aliphatic heterocycles. The maximum absolute atomic E-state index is 13.1. The van der Waals surface area contributed by atoms with Crippen molar-refractivity contribution in [1.82, 2.24) is 10.3 Å². The first kappa shape index (κ1) is 20.4. The minimum atomic E-state index is -4.55. The number of urea groups is 1. The summed E-state index contributed by atoms with van der Waals surface area (Å²) in [6.45, 7) is -2.15. The van der Waals surface area contributed by atoms with Crippen LogP contribution in [0, 0.1) is 11.6 Å². The molecule has 0 aliphatic carbocycles. The Morgan fingerprint density at radius 2 is 1.85 bits per heavy atom. The molecule has 2 aromatic rings. The van der Waals surface area contributed by atoms with E-state index in [2.05, 4.69) is 20.4 Å². The lowest BCUT2D eigenvalue weighted by molar-refractivity contribution is -0.154. The van der Waals surface area contributed by atoms with Crippen LogP contribution < -0.4 is 15.4 Å². The molecule has 0 fully saturated rings. The van der Waals surface area contributed by atoms with Crippen molar-refractivity contribution >= 4 is 11.7 Å². The summed E-state index contributed by atoms with van der Waals surface area (Å²) in [5.74, 6) is -2.15. The van der Waals surface area contributed by atoms with Crippen LogP contribution in [-0.2, 0) is 0 Å². The Morgan fingerprint density at radius 1 is 1.19 bits per heavy atom. The summed E-state index contributed by atoms with van der Waals surface area (Å²) in [6.07, 6.45) is -3.41. The number of nitrogens with zero attached hydrogens (tertiary/aromatic N) is 1. The second-order valence-electron chi connectivity index (χ2n) is 5.32. The predicted molar refractivity (Wildman–Crippen MR) is 84.1 cm³/mol. The molecule has 3 N–H and O–H groups in total. The van der Waals surface area contributed by atoms with Gasteiger partial charge in [0.25, 0.3) is 0 Å². The molecule has 0 aliphatic rings. The van der Waals surface area contributed by atoms with Gasteiger partial charge in [-0.25, -0.2) is 18.6 Å². The van der Waals surface area contributed by atoms with Gasteiger partial charge in [0.1, 0.15) is 11.6 Å². The van der Waals surface area contributed by atoms with Gasteiger partial charge < -0.3 is 20.5 Å². The Balaban J connectivity index is 2.04. The van der Waals surface area contributed by atoms with Gasteiger partial charge in [-0.15, -0.1) is 0 Å². The largest absolute Gasteiger partial charge is 0.468 e. The summed E-state index contributed by atoms with van der Waals surface area (Å²) < 4.78 is 67.3. The fraction of sp³-hybridized carbons (Fsp3) is 0.250.